The van der Waals surface area contributed by atoms with Crippen LogP contribution >= 0.6 is 0 Å². The van der Waals surface area contributed by atoms with Crippen molar-refractivity contribution in [1.29, 1.82) is 0 Å². The molecular formula is C24H25N7O. The van der Waals surface area contributed by atoms with Crippen LogP contribution in [0.2, 0.25) is 0 Å². The van der Waals surface area contributed by atoms with E-state index < -0.39 is 0 Å². The highest BCUT2D eigenvalue weighted by atomic mass is 16.2. The Hall–Kier alpha value is -3.68. The van der Waals surface area contributed by atoms with E-state index in [-0.39, 0.29) is 11.9 Å². The number of para-hydroxylation sites is 2. The lowest BCUT2D eigenvalue weighted by molar-refractivity contribution is 0.0715. The molecule has 1 aliphatic carbocycles. The standard InChI is InChI=1S/C24H25N7O/c1-15-7-8-20(31-26-9-10-27-31)18(11-15)23(32)30-14-16-12-17(16)22(30)13-25-24-28-19-5-3-4-6-21(19)29(24)2/h3-11,16-17,22H,12-14H2,1-2H3,(H,25,28)/t16-,17-,22-/m1/s1. The smallest absolute Gasteiger partial charge is 0.256 e. The first-order valence-corrected chi connectivity index (χ1v) is 11.0. The quantitative estimate of drug-likeness (QED) is 0.530. The zero-order chi connectivity index (χ0) is 21.8. The maximum Gasteiger partial charge on any atom is 0.256 e. The van der Waals surface area contributed by atoms with E-state index in [9.17, 15) is 4.79 Å². The Balaban J connectivity index is 1.27. The molecule has 2 fully saturated rings. The molecule has 0 bridgehead atoms. The summed E-state index contributed by atoms with van der Waals surface area (Å²) in [4.78, 5) is 22.0. The van der Waals surface area contributed by atoms with Gasteiger partial charge < -0.3 is 14.8 Å². The average molecular weight is 428 g/mol. The van der Waals surface area contributed by atoms with Crippen molar-refractivity contribution < 1.29 is 4.79 Å². The summed E-state index contributed by atoms with van der Waals surface area (Å²) in [5.74, 6) is 2.03. The summed E-state index contributed by atoms with van der Waals surface area (Å²) in [6, 6.07) is 14.1. The summed E-state index contributed by atoms with van der Waals surface area (Å²) in [7, 11) is 2.02. The second-order valence-corrected chi connectivity index (χ2v) is 8.89. The van der Waals surface area contributed by atoms with Crippen LogP contribution in [0.15, 0.2) is 54.9 Å². The molecule has 8 heteroatoms. The third kappa shape index (κ3) is 3.05. The van der Waals surface area contributed by atoms with Crippen LogP contribution in [0, 0.1) is 18.8 Å². The first-order valence-electron chi connectivity index (χ1n) is 11.0. The fourth-order valence-corrected chi connectivity index (χ4v) is 5.06. The Labute approximate surface area is 185 Å². The molecule has 8 nitrogen and oxygen atoms in total. The molecule has 2 aliphatic rings. The number of nitrogens with zero attached hydrogens (tertiary/aromatic N) is 6. The molecule has 1 saturated heterocycles. The number of rotatable bonds is 5. The average Bonchev–Trinajstić information content (AvgIpc) is 3.14. The van der Waals surface area contributed by atoms with E-state index >= 15 is 0 Å². The minimum atomic E-state index is 0.0463. The lowest BCUT2D eigenvalue weighted by atomic mass is 10.1. The SMILES string of the molecule is Cc1ccc(-n2nccn2)c(C(=O)N2C[C@H]3C[C@H]3[C@H]2CNc2nc3ccccc3n2C)c1. The largest absolute Gasteiger partial charge is 0.354 e. The normalized spacial score (nSPS) is 21.7. The zero-order valence-corrected chi connectivity index (χ0v) is 18.1. The number of amides is 1. The molecule has 162 valence electrons. The van der Waals surface area contributed by atoms with Gasteiger partial charge >= 0.3 is 0 Å². The van der Waals surface area contributed by atoms with Crippen molar-refractivity contribution in [3.63, 3.8) is 0 Å². The van der Waals surface area contributed by atoms with Gasteiger partial charge in [0, 0.05) is 20.1 Å². The van der Waals surface area contributed by atoms with Gasteiger partial charge in [-0.1, -0.05) is 23.8 Å². The molecule has 0 radical (unpaired) electrons. The molecule has 3 heterocycles. The number of hydrogen-bond acceptors (Lipinski definition) is 5. The molecule has 1 amide bonds. The summed E-state index contributed by atoms with van der Waals surface area (Å²) in [5, 5.41) is 12.0. The summed E-state index contributed by atoms with van der Waals surface area (Å²) < 4.78 is 2.07. The van der Waals surface area contributed by atoms with E-state index in [4.69, 9.17) is 4.98 Å². The maximum absolute atomic E-state index is 13.7. The van der Waals surface area contributed by atoms with Crippen molar-refractivity contribution in [2.45, 2.75) is 19.4 Å². The third-order valence-corrected chi connectivity index (χ3v) is 6.84. The second kappa shape index (κ2) is 7.19. The number of likely N-dealkylation sites (tertiary alicyclic amines) is 1. The number of aromatic nitrogens is 5. The van der Waals surface area contributed by atoms with Gasteiger partial charge in [0.2, 0.25) is 5.95 Å². The van der Waals surface area contributed by atoms with Crippen LogP contribution in [0.5, 0.6) is 0 Å². The molecule has 3 atom stereocenters. The first kappa shape index (κ1) is 19.0. The number of aryl methyl sites for hydroxylation is 2. The van der Waals surface area contributed by atoms with Gasteiger partial charge in [0.25, 0.3) is 5.91 Å². The molecule has 2 aromatic carbocycles. The maximum atomic E-state index is 13.7. The Morgan fingerprint density at radius 2 is 1.97 bits per heavy atom. The first-order chi connectivity index (χ1) is 15.6. The van der Waals surface area contributed by atoms with E-state index in [0.717, 1.165) is 29.1 Å². The van der Waals surface area contributed by atoms with Crippen LogP contribution in [0.1, 0.15) is 22.3 Å². The molecule has 2 aromatic heterocycles. The van der Waals surface area contributed by atoms with Gasteiger partial charge in [0.15, 0.2) is 0 Å². The number of carbonyl (C=O) groups excluding carboxylic acids is 1. The van der Waals surface area contributed by atoms with Gasteiger partial charge in [-0.25, -0.2) is 4.98 Å². The van der Waals surface area contributed by atoms with Gasteiger partial charge in [-0.05, 0) is 49.4 Å². The van der Waals surface area contributed by atoms with Crippen LogP contribution in [0.4, 0.5) is 5.95 Å². The summed E-state index contributed by atoms with van der Waals surface area (Å²) in [5.41, 5.74) is 4.47. The molecule has 32 heavy (non-hydrogen) atoms. The Morgan fingerprint density at radius 1 is 1.16 bits per heavy atom. The molecule has 6 rings (SSSR count). The third-order valence-electron chi connectivity index (χ3n) is 6.84. The fraction of sp³-hybridized carbons (Fsp3) is 0.333. The molecule has 1 aliphatic heterocycles. The van der Waals surface area contributed by atoms with Gasteiger partial charge in [0.1, 0.15) is 0 Å². The van der Waals surface area contributed by atoms with E-state index in [1.54, 1.807) is 12.4 Å². The minimum Gasteiger partial charge on any atom is -0.354 e. The van der Waals surface area contributed by atoms with Crippen molar-refractivity contribution >= 4 is 22.9 Å². The molecule has 0 spiro atoms. The number of imidazole rings is 1. The van der Waals surface area contributed by atoms with E-state index in [1.165, 1.54) is 11.2 Å². The van der Waals surface area contributed by atoms with Crippen molar-refractivity contribution in [2.24, 2.45) is 18.9 Å². The second-order valence-electron chi connectivity index (χ2n) is 8.89. The molecule has 1 N–H and O–H groups in total. The van der Waals surface area contributed by atoms with E-state index in [1.807, 2.05) is 55.3 Å². The summed E-state index contributed by atoms with van der Waals surface area (Å²) in [6.07, 6.45) is 4.45. The zero-order valence-electron chi connectivity index (χ0n) is 18.1. The molecular weight excluding hydrogens is 402 g/mol. The molecule has 4 aromatic rings. The number of piperidine rings is 1. The highest BCUT2D eigenvalue weighted by Gasteiger charge is 2.54. The van der Waals surface area contributed by atoms with Crippen molar-refractivity contribution in [1.82, 2.24) is 29.4 Å². The topological polar surface area (TPSA) is 80.9 Å². The van der Waals surface area contributed by atoms with Crippen LogP contribution < -0.4 is 5.32 Å². The van der Waals surface area contributed by atoms with E-state index in [0.29, 0.717) is 29.6 Å². The number of benzene rings is 2. The Kier molecular flexibility index (Phi) is 4.28. The van der Waals surface area contributed by atoms with Gasteiger partial charge in [0.05, 0.1) is 40.7 Å². The van der Waals surface area contributed by atoms with Gasteiger partial charge in [-0.2, -0.15) is 15.0 Å². The van der Waals surface area contributed by atoms with Crippen LogP contribution in [0.25, 0.3) is 16.7 Å². The Morgan fingerprint density at radius 3 is 2.78 bits per heavy atom. The lowest BCUT2D eigenvalue weighted by Gasteiger charge is -2.28. The van der Waals surface area contributed by atoms with Crippen LogP contribution in [-0.4, -0.2) is 54.5 Å². The molecule has 1 saturated carbocycles. The number of fused-ring (bicyclic) bond motifs is 2. The number of carbonyl (C=O) groups is 1. The molecule has 0 unspecified atom stereocenters. The van der Waals surface area contributed by atoms with Gasteiger partial charge in [-0.3, -0.25) is 4.79 Å². The minimum absolute atomic E-state index is 0.0463. The van der Waals surface area contributed by atoms with Gasteiger partial charge in [-0.15, -0.1) is 0 Å². The van der Waals surface area contributed by atoms with Crippen LogP contribution in [-0.2, 0) is 7.05 Å². The predicted octanol–water partition coefficient (Wildman–Crippen LogP) is 3.04. The highest BCUT2D eigenvalue weighted by molar-refractivity contribution is 5.98. The fourth-order valence-electron chi connectivity index (χ4n) is 5.06. The van der Waals surface area contributed by atoms with Crippen molar-refractivity contribution in [3.05, 3.63) is 66.0 Å². The van der Waals surface area contributed by atoms with Crippen LogP contribution in [0.3, 0.4) is 0 Å². The highest BCUT2D eigenvalue weighted by Crippen LogP contribution is 2.50. The number of anilines is 1. The van der Waals surface area contributed by atoms with E-state index in [2.05, 4.69) is 26.1 Å². The summed E-state index contributed by atoms with van der Waals surface area (Å²) >= 11 is 0. The van der Waals surface area contributed by atoms with Crippen molar-refractivity contribution in [3.8, 4) is 5.69 Å². The monoisotopic (exact) mass is 427 g/mol. The lowest BCUT2D eigenvalue weighted by Crippen LogP contribution is -2.43. The predicted molar refractivity (Wildman–Crippen MR) is 122 cm³/mol. The Bertz CT molecular complexity index is 1310. The summed E-state index contributed by atoms with van der Waals surface area (Å²) in [6.45, 7) is 3.49. The number of nitrogens with one attached hydrogen (secondary N) is 1. The van der Waals surface area contributed by atoms with Crippen molar-refractivity contribution in [2.75, 3.05) is 18.4 Å². The number of hydrogen-bond donors (Lipinski definition) is 1.